The smallest absolute Gasteiger partial charge is 0.279 e. The van der Waals surface area contributed by atoms with E-state index in [2.05, 4.69) is 16.2 Å². The highest BCUT2D eigenvalue weighted by atomic mass is 19.1. The zero-order valence-electron chi connectivity index (χ0n) is 17.4. The molecule has 0 fully saturated rings. The van der Waals surface area contributed by atoms with Gasteiger partial charge in [0.05, 0.1) is 0 Å². The van der Waals surface area contributed by atoms with Crippen LogP contribution in [-0.2, 0) is 9.59 Å². The maximum atomic E-state index is 12.9. The molecule has 3 N–H and O–H groups in total. The molecule has 2 unspecified atom stereocenters. The number of carbonyl (C=O) groups excluding carboxylic acids is 3. The van der Waals surface area contributed by atoms with E-state index >= 15 is 0 Å². The van der Waals surface area contributed by atoms with Crippen molar-refractivity contribution in [1.29, 1.82) is 0 Å². The van der Waals surface area contributed by atoms with Crippen molar-refractivity contribution < 1.29 is 23.5 Å². The second-order valence-corrected chi connectivity index (χ2v) is 7.20. The minimum atomic E-state index is -0.935. The van der Waals surface area contributed by atoms with Gasteiger partial charge in [-0.1, -0.05) is 32.0 Å². The summed E-state index contributed by atoms with van der Waals surface area (Å²) in [5.74, 6) is -1.85. The van der Waals surface area contributed by atoms with E-state index in [1.165, 1.54) is 31.2 Å². The van der Waals surface area contributed by atoms with Crippen molar-refractivity contribution in [3.05, 3.63) is 65.5 Å². The summed E-state index contributed by atoms with van der Waals surface area (Å²) in [4.78, 5) is 37.3. The van der Waals surface area contributed by atoms with Crippen molar-refractivity contribution in [2.24, 2.45) is 5.92 Å². The van der Waals surface area contributed by atoms with Gasteiger partial charge in [-0.2, -0.15) is 0 Å². The third-order valence-corrected chi connectivity index (χ3v) is 4.43. The number of hydrogen-bond donors (Lipinski definition) is 3. The number of aryl methyl sites for hydroxylation is 1. The summed E-state index contributed by atoms with van der Waals surface area (Å²) in [5, 5.41) is 2.70. The summed E-state index contributed by atoms with van der Waals surface area (Å²) < 4.78 is 18.3. The van der Waals surface area contributed by atoms with Crippen LogP contribution in [-0.4, -0.2) is 29.9 Å². The molecule has 0 aliphatic carbocycles. The Hall–Kier alpha value is -3.42. The van der Waals surface area contributed by atoms with Gasteiger partial charge in [-0.05, 0) is 55.7 Å². The lowest BCUT2D eigenvalue weighted by atomic mass is 10.0. The van der Waals surface area contributed by atoms with Crippen LogP contribution in [0, 0.1) is 18.7 Å². The van der Waals surface area contributed by atoms with E-state index in [1.807, 2.05) is 19.1 Å². The first-order chi connectivity index (χ1) is 14.2. The Bertz CT molecular complexity index is 900. The van der Waals surface area contributed by atoms with E-state index in [1.54, 1.807) is 26.0 Å². The molecule has 0 radical (unpaired) electrons. The molecule has 2 rings (SSSR count). The van der Waals surface area contributed by atoms with Gasteiger partial charge < -0.3 is 10.1 Å². The van der Waals surface area contributed by atoms with Gasteiger partial charge in [0, 0.05) is 5.56 Å². The monoisotopic (exact) mass is 415 g/mol. The van der Waals surface area contributed by atoms with Gasteiger partial charge in [-0.3, -0.25) is 25.2 Å². The Morgan fingerprint density at radius 2 is 1.50 bits per heavy atom. The van der Waals surface area contributed by atoms with Crippen molar-refractivity contribution in [1.82, 2.24) is 16.2 Å². The molecule has 0 heterocycles. The Morgan fingerprint density at radius 1 is 0.900 bits per heavy atom. The second-order valence-electron chi connectivity index (χ2n) is 7.20. The normalized spacial score (nSPS) is 12.6. The number of halogens is 1. The summed E-state index contributed by atoms with van der Waals surface area (Å²) in [6, 6.07) is 11.4. The van der Waals surface area contributed by atoms with Crippen LogP contribution < -0.4 is 20.9 Å². The van der Waals surface area contributed by atoms with E-state index in [9.17, 15) is 18.8 Å². The fourth-order valence-corrected chi connectivity index (χ4v) is 2.66. The highest BCUT2D eigenvalue weighted by Crippen LogP contribution is 2.13. The number of benzene rings is 2. The lowest BCUT2D eigenvalue weighted by Crippen LogP contribution is -2.56. The maximum absolute atomic E-state index is 12.9. The lowest BCUT2D eigenvalue weighted by Gasteiger charge is -2.23. The average Bonchev–Trinajstić information content (AvgIpc) is 2.71. The van der Waals surface area contributed by atoms with Gasteiger partial charge in [0.1, 0.15) is 17.6 Å². The molecule has 2 aromatic carbocycles. The molecule has 0 saturated carbocycles. The summed E-state index contributed by atoms with van der Waals surface area (Å²) in [7, 11) is 0. The maximum Gasteiger partial charge on any atom is 0.279 e. The number of ether oxygens (including phenoxy) is 1. The molecule has 0 aliphatic rings. The molecule has 0 aliphatic heterocycles. The lowest BCUT2D eigenvalue weighted by molar-refractivity contribution is -0.133. The molecule has 160 valence electrons. The second kappa shape index (κ2) is 10.4. The van der Waals surface area contributed by atoms with Crippen molar-refractivity contribution in [3.8, 4) is 5.75 Å². The molecule has 7 nitrogen and oxygen atoms in total. The highest BCUT2D eigenvalue weighted by molar-refractivity contribution is 5.99. The Morgan fingerprint density at radius 3 is 2.10 bits per heavy atom. The molecule has 8 heteroatoms. The molecule has 2 atom stereocenters. The third kappa shape index (κ3) is 6.30. The predicted molar refractivity (Wildman–Crippen MR) is 110 cm³/mol. The van der Waals surface area contributed by atoms with Gasteiger partial charge in [0.2, 0.25) is 0 Å². The van der Waals surface area contributed by atoms with E-state index in [0.717, 1.165) is 5.56 Å². The van der Waals surface area contributed by atoms with Crippen LogP contribution in [0.1, 0.15) is 36.7 Å². The summed E-state index contributed by atoms with van der Waals surface area (Å²) >= 11 is 0. The van der Waals surface area contributed by atoms with E-state index in [4.69, 9.17) is 4.74 Å². The largest absolute Gasteiger partial charge is 0.481 e. The molecular weight excluding hydrogens is 389 g/mol. The average molecular weight is 415 g/mol. The number of nitrogens with one attached hydrogen (secondary N) is 3. The van der Waals surface area contributed by atoms with Crippen LogP contribution >= 0.6 is 0 Å². The highest BCUT2D eigenvalue weighted by Gasteiger charge is 2.26. The molecule has 3 amide bonds. The van der Waals surface area contributed by atoms with Crippen LogP contribution in [0.5, 0.6) is 5.75 Å². The van der Waals surface area contributed by atoms with Crippen molar-refractivity contribution in [3.63, 3.8) is 0 Å². The Balaban J connectivity index is 1.92. The van der Waals surface area contributed by atoms with Crippen LogP contribution in [0.2, 0.25) is 0 Å². The number of hydrazine groups is 1. The summed E-state index contributed by atoms with van der Waals surface area (Å²) in [6.07, 6.45) is -0.935. The number of hydrogen-bond acceptors (Lipinski definition) is 4. The topological polar surface area (TPSA) is 96.5 Å². The molecular formula is C22H26FN3O4. The first kappa shape index (κ1) is 22.9. The predicted octanol–water partition coefficient (Wildman–Crippen LogP) is 2.50. The van der Waals surface area contributed by atoms with Gasteiger partial charge in [-0.25, -0.2) is 4.39 Å². The minimum Gasteiger partial charge on any atom is -0.481 e. The van der Waals surface area contributed by atoms with Crippen molar-refractivity contribution in [2.75, 3.05) is 0 Å². The Labute approximate surface area is 175 Å². The van der Waals surface area contributed by atoms with Crippen LogP contribution in [0.25, 0.3) is 0 Å². The van der Waals surface area contributed by atoms with Gasteiger partial charge in [-0.15, -0.1) is 0 Å². The zero-order valence-corrected chi connectivity index (χ0v) is 17.4. The fraction of sp³-hybridized carbons (Fsp3) is 0.318. The van der Waals surface area contributed by atoms with Crippen LogP contribution in [0.4, 0.5) is 4.39 Å². The van der Waals surface area contributed by atoms with Crippen LogP contribution in [0.3, 0.4) is 0 Å². The summed E-state index contributed by atoms with van der Waals surface area (Å²) in [6.45, 7) is 6.86. The molecule has 30 heavy (non-hydrogen) atoms. The fourth-order valence-electron chi connectivity index (χ4n) is 2.66. The molecule has 0 bridgehead atoms. The van der Waals surface area contributed by atoms with E-state index < -0.39 is 29.8 Å². The number of rotatable bonds is 7. The standard InChI is InChI=1S/C22H26FN3O4/c1-13(2)19(24-21(28)18-8-6-5-7-14(18)3)22(29)26-25-20(27)15(4)30-17-11-9-16(23)10-12-17/h5-13,15,19H,1-4H3,(H,24,28)(H,25,27)(H,26,29). The van der Waals surface area contributed by atoms with E-state index in [-0.39, 0.29) is 11.8 Å². The van der Waals surface area contributed by atoms with Gasteiger partial charge >= 0.3 is 0 Å². The van der Waals surface area contributed by atoms with E-state index in [0.29, 0.717) is 11.3 Å². The van der Waals surface area contributed by atoms with Crippen molar-refractivity contribution >= 4 is 17.7 Å². The molecule has 0 saturated heterocycles. The van der Waals surface area contributed by atoms with Crippen LogP contribution in [0.15, 0.2) is 48.5 Å². The van der Waals surface area contributed by atoms with Gasteiger partial charge in [0.25, 0.3) is 17.7 Å². The minimum absolute atomic E-state index is 0.220. The van der Waals surface area contributed by atoms with Gasteiger partial charge in [0.15, 0.2) is 6.10 Å². The molecule has 2 aromatic rings. The molecule has 0 spiro atoms. The third-order valence-electron chi connectivity index (χ3n) is 4.43. The number of carbonyl (C=O) groups is 3. The zero-order chi connectivity index (χ0) is 22.3. The first-order valence-corrected chi connectivity index (χ1v) is 9.57. The molecule has 0 aromatic heterocycles. The first-order valence-electron chi connectivity index (χ1n) is 9.57. The Kier molecular flexibility index (Phi) is 7.91. The van der Waals surface area contributed by atoms with Crippen molar-refractivity contribution in [2.45, 2.75) is 39.8 Å². The quantitative estimate of drug-likeness (QED) is 0.606. The number of amides is 3. The summed E-state index contributed by atoms with van der Waals surface area (Å²) in [5.41, 5.74) is 5.87. The SMILES string of the molecule is Cc1ccccc1C(=O)NC(C(=O)NNC(=O)C(C)Oc1ccc(F)cc1)C(C)C.